The van der Waals surface area contributed by atoms with Gasteiger partial charge in [-0.3, -0.25) is 0 Å². The van der Waals surface area contributed by atoms with Crippen molar-refractivity contribution < 1.29 is 19.4 Å². The van der Waals surface area contributed by atoms with Crippen LogP contribution in [0.4, 0.5) is 4.79 Å². The van der Waals surface area contributed by atoms with E-state index < -0.39 is 12.1 Å². The Bertz CT molecular complexity index is 542. The van der Waals surface area contributed by atoms with Gasteiger partial charge in [0.25, 0.3) is 0 Å². The number of hydrogen-bond acceptors (Lipinski definition) is 5. The smallest absolute Gasteiger partial charge is 0.407 e. The number of piperidine rings is 1. The summed E-state index contributed by atoms with van der Waals surface area (Å²) in [5.41, 5.74) is 0.686. The van der Waals surface area contributed by atoms with Crippen molar-refractivity contribution in [2.24, 2.45) is 0 Å². The molecule has 2 rings (SSSR count). The lowest BCUT2D eigenvalue weighted by Crippen LogP contribution is -2.45. The van der Waals surface area contributed by atoms with E-state index in [0.29, 0.717) is 12.2 Å². The minimum atomic E-state index is -0.943. The van der Waals surface area contributed by atoms with Gasteiger partial charge in [-0.15, -0.1) is 5.10 Å². The van der Waals surface area contributed by atoms with Gasteiger partial charge < -0.3 is 14.7 Å². The van der Waals surface area contributed by atoms with Crippen LogP contribution in [0, 0.1) is 6.92 Å². The van der Waals surface area contributed by atoms with Crippen LogP contribution in [0.1, 0.15) is 48.9 Å². The first kappa shape index (κ1) is 15.3. The molecule has 0 aliphatic carbocycles. The highest BCUT2D eigenvalue weighted by Crippen LogP contribution is 2.25. The summed E-state index contributed by atoms with van der Waals surface area (Å²) in [6.07, 6.45) is 0.579. The lowest BCUT2D eigenvalue weighted by atomic mass is 10.0. The molecule has 0 saturated carbocycles. The van der Waals surface area contributed by atoms with E-state index in [1.165, 1.54) is 9.70 Å². The lowest BCUT2D eigenvalue weighted by Gasteiger charge is -2.35. The monoisotopic (exact) mass is 296 g/mol. The second kappa shape index (κ2) is 6.11. The molecule has 8 nitrogen and oxygen atoms in total. The average molecular weight is 296 g/mol. The SMILES string of the molecule is CCOC(=O)c1nn(C2CCC(C)N(C(=O)O)C2)nc1C. The fraction of sp³-hybridized carbons (Fsp3) is 0.692. The summed E-state index contributed by atoms with van der Waals surface area (Å²) < 4.78 is 4.93. The molecule has 2 atom stereocenters. The van der Waals surface area contributed by atoms with Crippen molar-refractivity contribution in [2.75, 3.05) is 13.2 Å². The highest BCUT2D eigenvalue weighted by Gasteiger charge is 2.31. The van der Waals surface area contributed by atoms with Crippen LogP contribution in [0.25, 0.3) is 0 Å². The highest BCUT2D eigenvalue weighted by molar-refractivity contribution is 5.88. The maximum absolute atomic E-state index is 11.7. The Labute approximate surface area is 122 Å². The Balaban J connectivity index is 2.17. The molecule has 1 aliphatic rings. The van der Waals surface area contributed by atoms with E-state index >= 15 is 0 Å². The zero-order valence-electron chi connectivity index (χ0n) is 12.4. The van der Waals surface area contributed by atoms with Gasteiger partial charge in [-0.05, 0) is 33.6 Å². The molecule has 1 aromatic heterocycles. The van der Waals surface area contributed by atoms with Crippen molar-refractivity contribution in [3.8, 4) is 0 Å². The maximum atomic E-state index is 11.7. The van der Waals surface area contributed by atoms with Crippen LogP contribution >= 0.6 is 0 Å². The molecule has 1 amide bonds. The molecule has 116 valence electrons. The Hall–Kier alpha value is -2.12. The molecule has 1 saturated heterocycles. The summed E-state index contributed by atoms with van der Waals surface area (Å²) in [5.74, 6) is -0.500. The molecule has 0 radical (unpaired) electrons. The molecule has 1 N–H and O–H groups in total. The van der Waals surface area contributed by atoms with E-state index in [1.807, 2.05) is 6.92 Å². The topological polar surface area (TPSA) is 97.6 Å². The number of hydrogen-bond donors (Lipinski definition) is 1. The van der Waals surface area contributed by atoms with E-state index in [2.05, 4.69) is 10.2 Å². The van der Waals surface area contributed by atoms with Gasteiger partial charge in [0.05, 0.1) is 18.3 Å². The molecule has 1 aliphatic heterocycles. The number of nitrogens with zero attached hydrogens (tertiary/aromatic N) is 4. The number of ether oxygens (including phenoxy) is 1. The summed E-state index contributed by atoms with van der Waals surface area (Å²) >= 11 is 0. The standard InChI is InChI=1S/C13H20N4O4/c1-4-21-12(18)11-9(3)14-17(15-11)10-6-5-8(2)16(7-10)13(19)20/h8,10H,4-7H2,1-3H3,(H,19,20). The molecule has 0 spiro atoms. The number of carboxylic acid groups (broad SMARTS) is 1. The quantitative estimate of drug-likeness (QED) is 0.848. The molecule has 0 bridgehead atoms. The first-order chi connectivity index (χ1) is 9.93. The third kappa shape index (κ3) is 3.14. The van der Waals surface area contributed by atoms with Gasteiger partial charge in [0.2, 0.25) is 0 Å². The zero-order valence-corrected chi connectivity index (χ0v) is 12.4. The second-order valence-electron chi connectivity index (χ2n) is 5.19. The van der Waals surface area contributed by atoms with Gasteiger partial charge in [-0.25, -0.2) is 9.59 Å². The Kier molecular flexibility index (Phi) is 4.44. The fourth-order valence-corrected chi connectivity index (χ4v) is 2.49. The number of esters is 1. The molecule has 0 aromatic carbocycles. The van der Waals surface area contributed by atoms with Crippen molar-refractivity contribution in [2.45, 2.75) is 45.7 Å². The number of carbonyl (C=O) groups is 2. The predicted molar refractivity (Wildman–Crippen MR) is 73.2 cm³/mol. The van der Waals surface area contributed by atoms with Crippen molar-refractivity contribution in [3.63, 3.8) is 0 Å². The number of rotatable bonds is 3. The van der Waals surface area contributed by atoms with Crippen LogP contribution in [0.3, 0.4) is 0 Å². The van der Waals surface area contributed by atoms with Crippen LogP contribution in [-0.4, -0.2) is 56.3 Å². The average Bonchev–Trinajstić information content (AvgIpc) is 2.81. The van der Waals surface area contributed by atoms with Crippen molar-refractivity contribution in [1.82, 2.24) is 19.9 Å². The summed E-state index contributed by atoms with van der Waals surface area (Å²) in [5, 5.41) is 17.6. The molecule has 2 heterocycles. The Morgan fingerprint density at radius 3 is 2.71 bits per heavy atom. The van der Waals surface area contributed by atoms with Crippen LogP contribution in [0.5, 0.6) is 0 Å². The van der Waals surface area contributed by atoms with Crippen molar-refractivity contribution in [1.29, 1.82) is 0 Å². The summed E-state index contributed by atoms with van der Waals surface area (Å²) in [6, 6.07) is -0.167. The summed E-state index contributed by atoms with van der Waals surface area (Å²) in [6.45, 7) is 5.91. The molecular weight excluding hydrogens is 276 g/mol. The number of aryl methyl sites for hydroxylation is 1. The molecule has 1 aromatic rings. The lowest BCUT2D eigenvalue weighted by molar-refractivity contribution is 0.0514. The predicted octanol–water partition coefficient (Wildman–Crippen LogP) is 1.47. The van der Waals surface area contributed by atoms with Gasteiger partial charge in [-0.2, -0.15) is 9.90 Å². The normalized spacial score (nSPS) is 22.1. The van der Waals surface area contributed by atoms with Gasteiger partial charge in [0.15, 0.2) is 5.69 Å². The first-order valence-corrected chi connectivity index (χ1v) is 7.04. The molecular formula is C13H20N4O4. The van der Waals surface area contributed by atoms with E-state index in [9.17, 15) is 14.7 Å². The van der Waals surface area contributed by atoms with Gasteiger partial charge in [0, 0.05) is 12.6 Å². The van der Waals surface area contributed by atoms with Gasteiger partial charge in [-0.1, -0.05) is 0 Å². The van der Waals surface area contributed by atoms with E-state index in [-0.39, 0.29) is 24.4 Å². The van der Waals surface area contributed by atoms with E-state index in [4.69, 9.17) is 4.74 Å². The number of aromatic nitrogens is 3. The van der Waals surface area contributed by atoms with Crippen LogP contribution in [0.2, 0.25) is 0 Å². The minimum Gasteiger partial charge on any atom is -0.465 e. The van der Waals surface area contributed by atoms with Gasteiger partial charge >= 0.3 is 12.1 Å². The number of amides is 1. The van der Waals surface area contributed by atoms with E-state index in [1.54, 1.807) is 13.8 Å². The summed E-state index contributed by atoms with van der Waals surface area (Å²) in [4.78, 5) is 25.8. The number of likely N-dealkylation sites (tertiary alicyclic amines) is 1. The highest BCUT2D eigenvalue weighted by atomic mass is 16.5. The fourth-order valence-electron chi connectivity index (χ4n) is 2.49. The van der Waals surface area contributed by atoms with Crippen LogP contribution in [-0.2, 0) is 4.74 Å². The first-order valence-electron chi connectivity index (χ1n) is 7.04. The minimum absolute atomic E-state index is 0.0139. The third-order valence-corrected chi connectivity index (χ3v) is 3.70. The van der Waals surface area contributed by atoms with Gasteiger partial charge in [0.1, 0.15) is 0 Å². The molecule has 1 fully saturated rings. The number of carbonyl (C=O) groups excluding carboxylic acids is 1. The summed E-state index contributed by atoms with van der Waals surface area (Å²) in [7, 11) is 0. The largest absolute Gasteiger partial charge is 0.465 e. The zero-order chi connectivity index (χ0) is 15.6. The second-order valence-corrected chi connectivity index (χ2v) is 5.19. The Morgan fingerprint density at radius 1 is 1.38 bits per heavy atom. The van der Waals surface area contributed by atoms with Crippen LogP contribution < -0.4 is 0 Å². The molecule has 21 heavy (non-hydrogen) atoms. The molecule has 2 unspecified atom stereocenters. The van der Waals surface area contributed by atoms with Crippen molar-refractivity contribution in [3.05, 3.63) is 11.4 Å². The van der Waals surface area contributed by atoms with Crippen LogP contribution in [0.15, 0.2) is 0 Å². The Morgan fingerprint density at radius 2 is 2.10 bits per heavy atom. The van der Waals surface area contributed by atoms with Crippen molar-refractivity contribution >= 4 is 12.1 Å². The third-order valence-electron chi connectivity index (χ3n) is 3.70. The molecule has 8 heteroatoms. The van der Waals surface area contributed by atoms with E-state index in [0.717, 1.165) is 12.8 Å². The maximum Gasteiger partial charge on any atom is 0.407 e.